The molecule has 4 heteroatoms. The Kier molecular flexibility index (Phi) is 4.21. The molecule has 3 heterocycles. The highest BCUT2D eigenvalue weighted by molar-refractivity contribution is 5.86. The van der Waals surface area contributed by atoms with Crippen molar-refractivity contribution in [2.45, 2.75) is 45.2 Å². The Bertz CT molecular complexity index is 1100. The lowest BCUT2D eigenvalue weighted by Gasteiger charge is -2.44. The summed E-state index contributed by atoms with van der Waals surface area (Å²) >= 11 is 0. The first-order chi connectivity index (χ1) is 14.4. The summed E-state index contributed by atoms with van der Waals surface area (Å²) in [5.41, 5.74) is 4.58. The van der Waals surface area contributed by atoms with E-state index in [1.54, 1.807) is 0 Å². The van der Waals surface area contributed by atoms with Crippen LogP contribution in [-0.2, 0) is 5.41 Å². The number of aromatic nitrogens is 2. The summed E-state index contributed by atoms with van der Waals surface area (Å²) in [6.45, 7) is 13.0. The van der Waals surface area contributed by atoms with Crippen LogP contribution < -0.4 is 9.80 Å². The summed E-state index contributed by atoms with van der Waals surface area (Å²) in [7, 11) is 0. The number of hydrogen-bond donors (Lipinski definition) is 0. The first kappa shape index (κ1) is 18.9. The van der Waals surface area contributed by atoms with E-state index in [9.17, 15) is 0 Å². The average molecular weight is 397 g/mol. The van der Waals surface area contributed by atoms with Crippen LogP contribution in [0.25, 0.3) is 0 Å². The Morgan fingerprint density at radius 2 is 1.63 bits per heavy atom. The monoisotopic (exact) mass is 396 g/mol. The Morgan fingerprint density at radius 1 is 0.933 bits per heavy atom. The van der Waals surface area contributed by atoms with Gasteiger partial charge < -0.3 is 9.80 Å². The predicted molar refractivity (Wildman–Crippen MR) is 124 cm³/mol. The molecule has 3 aromatic rings. The van der Waals surface area contributed by atoms with Crippen LogP contribution in [-0.4, -0.2) is 16.1 Å². The van der Waals surface area contributed by atoms with Gasteiger partial charge in [0, 0.05) is 28.6 Å². The second-order valence-electron chi connectivity index (χ2n) is 9.32. The normalized spacial score (nSPS) is 22.3. The quantitative estimate of drug-likeness (QED) is 0.475. The van der Waals surface area contributed by atoms with E-state index in [1.165, 1.54) is 11.3 Å². The maximum atomic E-state index is 5.16. The summed E-state index contributed by atoms with van der Waals surface area (Å²) in [5, 5.41) is 0. The molecule has 2 aromatic carbocycles. The van der Waals surface area contributed by atoms with Gasteiger partial charge in [0.15, 0.2) is 11.6 Å². The number of para-hydroxylation sites is 2. The second-order valence-corrected chi connectivity index (χ2v) is 9.32. The number of rotatable bonds is 2. The number of allylic oxidation sites excluding steroid dienone is 1. The number of anilines is 4. The molecule has 0 fully saturated rings. The third-order valence-corrected chi connectivity index (χ3v) is 6.37. The van der Waals surface area contributed by atoms with Crippen molar-refractivity contribution in [3.05, 3.63) is 84.7 Å². The molecule has 0 saturated carbocycles. The van der Waals surface area contributed by atoms with Gasteiger partial charge in [0.25, 0.3) is 0 Å². The Balaban J connectivity index is 1.79. The van der Waals surface area contributed by atoms with Gasteiger partial charge in [0.2, 0.25) is 0 Å². The van der Waals surface area contributed by atoms with E-state index in [0.717, 1.165) is 23.0 Å². The Morgan fingerprint density at radius 3 is 2.33 bits per heavy atom. The molecule has 5 rings (SSSR count). The lowest BCUT2D eigenvalue weighted by molar-refractivity contribution is 0.408. The minimum atomic E-state index is -0.0688. The van der Waals surface area contributed by atoms with Crippen LogP contribution >= 0.6 is 0 Å². The first-order valence-electron chi connectivity index (χ1n) is 10.6. The van der Waals surface area contributed by atoms with Crippen molar-refractivity contribution in [2.75, 3.05) is 9.80 Å². The molecule has 30 heavy (non-hydrogen) atoms. The third-order valence-electron chi connectivity index (χ3n) is 6.37. The summed E-state index contributed by atoms with van der Waals surface area (Å²) in [6, 6.07) is 19.2. The van der Waals surface area contributed by atoms with E-state index in [2.05, 4.69) is 105 Å². The molecule has 2 aliphatic heterocycles. The third kappa shape index (κ3) is 2.67. The molecule has 3 atom stereocenters. The average Bonchev–Trinajstić information content (AvgIpc) is 3.09. The molecule has 4 nitrogen and oxygen atoms in total. The van der Waals surface area contributed by atoms with Crippen molar-refractivity contribution < 1.29 is 0 Å². The van der Waals surface area contributed by atoms with Crippen LogP contribution in [0.1, 0.15) is 44.9 Å². The van der Waals surface area contributed by atoms with Gasteiger partial charge >= 0.3 is 0 Å². The number of hydrogen-bond acceptors (Lipinski definition) is 4. The van der Waals surface area contributed by atoms with Gasteiger partial charge in [-0.2, -0.15) is 0 Å². The van der Waals surface area contributed by atoms with Gasteiger partial charge in [0.05, 0.1) is 11.9 Å². The molecule has 152 valence electrons. The van der Waals surface area contributed by atoms with Crippen LogP contribution in [0.15, 0.2) is 73.4 Å². The molecule has 0 spiro atoms. The maximum absolute atomic E-state index is 5.16. The topological polar surface area (TPSA) is 32.3 Å². The highest BCUT2D eigenvalue weighted by atomic mass is 15.5. The van der Waals surface area contributed by atoms with E-state index in [0.29, 0.717) is 5.92 Å². The number of fused-ring (bicyclic) bond motifs is 5. The molecular weight excluding hydrogens is 368 g/mol. The van der Waals surface area contributed by atoms with Gasteiger partial charge in [-0.25, -0.2) is 9.97 Å². The van der Waals surface area contributed by atoms with E-state index in [-0.39, 0.29) is 17.5 Å². The molecule has 0 amide bonds. The lowest BCUT2D eigenvalue weighted by atomic mass is 9.80. The molecule has 2 aliphatic rings. The van der Waals surface area contributed by atoms with Crippen molar-refractivity contribution in [1.29, 1.82) is 0 Å². The fourth-order valence-corrected chi connectivity index (χ4v) is 4.82. The van der Waals surface area contributed by atoms with E-state index >= 15 is 0 Å². The molecule has 0 aliphatic carbocycles. The zero-order chi connectivity index (χ0) is 21.0. The first-order valence-corrected chi connectivity index (χ1v) is 10.6. The summed E-state index contributed by atoms with van der Waals surface area (Å²) < 4.78 is 0. The minimum absolute atomic E-state index is 0.0688. The largest absolute Gasteiger partial charge is 0.302 e. The molecule has 0 saturated heterocycles. The summed E-state index contributed by atoms with van der Waals surface area (Å²) in [4.78, 5) is 14.9. The standard InChI is InChI=1S/C26H28N4/c1-6-19-17(2)25-29(18-12-8-7-9-13-18)24-23(27-16-22(28-24)26(3,4)5)30(25)21-15-11-10-14-20(19)21/h6-17,19,25H,1H2,2-5H3. The molecular formula is C26H28N4. The van der Waals surface area contributed by atoms with E-state index < -0.39 is 0 Å². The minimum Gasteiger partial charge on any atom is -0.302 e. The summed E-state index contributed by atoms with van der Waals surface area (Å²) in [5.74, 6) is 2.44. The molecule has 3 unspecified atom stereocenters. The summed E-state index contributed by atoms with van der Waals surface area (Å²) in [6.07, 6.45) is 4.13. The van der Waals surface area contributed by atoms with Crippen molar-refractivity contribution >= 4 is 23.0 Å². The zero-order valence-electron chi connectivity index (χ0n) is 18.1. The van der Waals surface area contributed by atoms with Crippen LogP contribution in [0, 0.1) is 5.92 Å². The van der Waals surface area contributed by atoms with Gasteiger partial charge in [-0.3, -0.25) is 0 Å². The second kappa shape index (κ2) is 6.69. The maximum Gasteiger partial charge on any atom is 0.178 e. The predicted octanol–water partition coefficient (Wildman–Crippen LogP) is 6.31. The van der Waals surface area contributed by atoms with Crippen molar-refractivity contribution in [3.63, 3.8) is 0 Å². The zero-order valence-corrected chi connectivity index (χ0v) is 18.1. The smallest absolute Gasteiger partial charge is 0.178 e. The van der Waals surface area contributed by atoms with Gasteiger partial charge in [-0.05, 0) is 23.8 Å². The molecule has 0 bridgehead atoms. The van der Waals surface area contributed by atoms with Crippen molar-refractivity contribution in [1.82, 2.24) is 9.97 Å². The Labute approximate surface area is 178 Å². The fourth-order valence-electron chi connectivity index (χ4n) is 4.82. The molecule has 1 aromatic heterocycles. The van der Waals surface area contributed by atoms with E-state index in [1.807, 2.05) is 6.20 Å². The van der Waals surface area contributed by atoms with Crippen molar-refractivity contribution in [2.24, 2.45) is 5.92 Å². The highest BCUT2D eigenvalue weighted by Crippen LogP contribution is 2.54. The van der Waals surface area contributed by atoms with Gasteiger partial charge in [0.1, 0.15) is 6.17 Å². The fraction of sp³-hybridized carbons (Fsp3) is 0.308. The molecule has 0 radical (unpaired) electrons. The number of nitrogens with zero attached hydrogens (tertiary/aromatic N) is 4. The number of benzene rings is 2. The van der Waals surface area contributed by atoms with E-state index in [4.69, 9.17) is 9.97 Å². The Hall–Kier alpha value is -3.14. The van der Waals surface area contributed by atoms with Crippen molar-refractivity contribution in [3.8, 4) is 0 Å². The van der Waals surface area contributed by atoms with Gasteiger partial charge in [-0.1, -0.05) is 70.2 Å². The lowest BCUT2D eigenvalue weighted by Crippen LogP contribution is -2.48. The SMILES string of the molecule is C=CC1c2ccccc2N2c3ncc(C(C)(C)C)nc3N(c3ccccc3)C2C1C. The molecule has 0 N–H and O–H groups in total. The van der Waals surface area contributed by atoms with Crippen LogP contribution in [0.3, 0.4) is 0 Å². The van der Waals surface area contributed by atoms with Crippen LogP contribution in [0.4, 0.5) is 23.0 Å². The van der Waals surface area contributed by atoms with Crippen LogP contribution in [0.2, 0.25) is 0 Å². The van der Waals surface area contributed by atoms with Crippen LogP contribution in [0.5, 0.6) is 0 Å². The highest BCUT2D eigenvalue weighted by Gasteiger charge is 2.49. The van der Waals surface area contributed by atoms with Gasteiger partial charge in [-0.15, -0.1) is 6.58 Å².